The van der Waals surface area contributed by atoms with E-state index in [1.54, 1.807) is 37.1 Å². The second kappa shape index (κ2) is 8.08. The number of allylic oxidation sites excluding steroid dienone is 1. The van der Waals surface area contributed by atoms with Crippen LogP contribution in [-0.4, -0.2) is 38.1 Å². The van der Waals surface area contributed by atoms with Crippen LogP contribution in [0.2, 0.25) is 0 Å². The average Bonchev–Trinajstić information content (AvgIpc) is 3.01. The summed E-state index contributed by atoms with van der Waals surface area (Å²) in [6, 6.07) is 5.15. The van der Waals surface area contributed by atoms with Crippen molar-refractivity contribution in [2.24, 2.45) is 4.99 Å². The third kappa shape index (κ3) is 4.16. The van der Waals surface area contributed by atoms with E-state index in [2.05, 4.69) is 4.99 Å². The monoisotopic (exact) mass is 417 g/mol. The number of benzene rings is 1. The highest BCUT2D eigenvalue weighted by Crippen LogP contribution is 2.45. The van der Waals surface area contributed by atoms with E-state index < -0.39 is 22.9 Å². The van der Waals surface area contributed by atoms with Gasteiger partial charge >= 0.3 is 11.9 Å². The summed E-state index contributed by atoms with van der Waals surface area (Å²) < 4.78 is 5.39. The van der Waals surface area contributed by atoms with E-state index in [0.29, 0.717) is 22.1 Å². The summed E-state index contributed by atoms with van der Waals surface area (Å²) in [5, 5.41) is 22.7. The fourth-order valence-corrected chi connectivity index (χ4v) is 4.15. The highest BCUT2D eigenvalue weighted by Gasteiger charge is 2.41. The Balaban J connectivity index is 2.16. The number of nitrogens with zero attached hydrogens (tertiary/aromatic N) is 3. The number of carboxylic acid groups (broad SMARTS) is 1. The van der Waals surface area contributed by atoms with E-state index in [1.165, 1.54) is 30.0 Å². The summed E-state index contributed by atoms with van der Waals surface area (Å²) >= 11 is 1.25. The van der Waals surface area contributed by atoms with Crippen LogP contribution in [0.15, 0.2) is 51.6 Å². The van der Waals surface area contributed by atoms with Gasteiger partial charge in [0.05, 0.1) is 34.8 Å². The van der Waals surface area contributed by atoms with Crippen LogP contribution in [0.5, 0.6) is 0 Å². The van der Waals surface area contributed by atoms with E-state index >= 15 is 0 Å². The number of rotatable bonds is 6. The molecule has 1 aromatic carbocycles. The van der Waals surface area contributed by atoms with Crippen molar-refractivity contribution in [1.29, 1.82) is 0 Å². The molecule has 1 N–H and O–H groups in total. The number of hydrogen-bond donors (Lipinski definition) is 1. The maximum absolute atomic E-state index is 12.9. The molecule has 2 aliphatic rings. The third-order valence-corrected chi connectivity index (χ3v) is 5.18. The van der Waals surface area contributed by atoms with Crippen molar-refractivity contribution in [3.8, 4) is 0 Å². The van der Waals surface area contributed by atoms with E-state index in [0.717, 1.165) is 0 Å². The molecule has 9 nitrogen and oxygen atoms in total. The number of amidine groups is 1. The Labute approximate surface area is 170 Å². The van der Waals surface area contributed by atoms with Crippen LogP contribution in [0, 0.1) is 10.1 Å². The summed E-state index contributed by atoms with van der Waals surface area (Å²) in [5.74, 6) is -1.63. The molecule has 1 aromatic rings. The lowest BCUT2D eigenvalue weighted by atomic mass is 9.93. The Morgan fingerprint density at radius 1 is 1.41 bits per heavy atom. The fraction of sp³-hybridized carbons (Fsp3) is 0.316. The zero-order valence-electron chi connectivity index (χ0n) is 16.0. The lowest BCUT2D eigenvalue weighted by Crippen LogP contribution is -2.37. The number of nitro groups is 1. The standard InChI is InChI=1S/C19H19N3O6S/c1-10(2)28-18(25)16-11(3)20-19-21(14(9-29-19)8-15(23)24)17(16)12-5-4-6-13(7-12)22(26)27/h4-7,9-10,17H,8H2,1-3H3,(H,23,24). The Morgan fingerprint density at radius 3 is 2.76 bits per heavy atom. The topological polar surface area (TPSA) is 122 Å². The maximum atomic E-state index is 12.9. The maximum Gasteiger partial charge on any atom is 0.338 e. The predicted octanol–water partition coefficient (Wildman–Crippen LogP) is 3.60. The van der Waals surface area contributed by atoms with Gasteiger partial charge in [-0.3, -0.25) is 14.9 Å². The molecule has 2 aliphatic heterocycles. The van der Waals surface area contributed by atoms with Crippen LogP contribution in [0.4, 0.5) is 5.69 Å². The van der Waals surface area contributed by atoms with Gasteiger partial charge in [0, 0.05) is 17.8 Å². The molecule has 0 saturated heterocycles. The van der Waals surface area contributed by atoms with Crippen molar-refractivity contribution in [2.45, 2.75) is 39.3 Å². The Morgan fingerprint density at radius 2 is 2.14 bits per heavy atom. The number of carbonyl (C=O) groups is 2. The molecule has 1 atom stereocenters. The zero-order valence-corrected chi connectivity index (χ0v) is 16.8. The van der Waals surface area contributed by atoms with Gasteiger partial charge in [-0.1, -0.05) is 23.9 Å². The number of carbonyl (C=O) groups excluding carboxylic acids is 1. The molecule has 0 aromatic heterocycles. The van der Waals surface area contributed by atoms with Crippen LogP contribution in [0.25, 0.3) is 0 Å². The molecule has 29 heavy (non-hydrogen) atoms. The number of esters is 1. The predicted molar refractivity (Wildman–Crippen MR) is 107 cm³/mol. The SMILES string of the molecule is CC1=C(C(=O)OC(C)C)C(c2cccc([N+](=O)[O-])c2)N2C(CC(=O)O)=CSC2=N1. The number of aliphatic imine (C=N–C) groups is 1. The molecule has 0 bridgehead atoms. The minimum absolute atomic E-state index is 0.128. The first kappa shape index (κ1) is 20.6. The molecule has 3 rings (SSSR count). The average molecular weight is 417 g/mol. The molecule has 2 heterocycles. The van der Waals surface area contributed by atoms with Gasteiger partial charge in [0.25, 0.3) is 5.69 Å². The molecule has 10 heteroatoms. The number of aliphatic carboxylic acids is 1. The van der Waals surface area contributed by atoms with Crippen molar-refractivity contribution in [3.63, 3.8) is 0 Å². The molecular weight excluding hydrogens is 398 g/mol. The van der Waals surface area contributed by atoms with Gasteiger partial charge < -0.3 is 14.7 Å². The van der Waals surface area contributed by atoms with Crippen LogP contribution >= 0.6 is 11.8 Å². The largest absolute Gasteiger partial charge is 0.481 e. The van der Waals surface area contributed by atoms with Crippen molar-refractivity contribution < 1.29 is 24.4 Å². The molecule has 1 unspecified atom stereocenters. The number of non-ortho nitro benzene ring substituents is 1. The number of nitro benzene ring substituents is 1. The van der Waals surface area contributed by atoms with E-state index in [-0.39, 0.29) is 23.8 Å². The normalized spacial score (nSPS) is 18.3. The van der Waals surface area contributed by atoms with Crippen molar-refractivity contribution in [2.75, 3.05) is 0 Å². The van der Waals surface area contributed by atoms with Gasteiger partial charge in [-0.05, 0) is 31.7 Å². The summed E-state index contributed by atoms with van der Waals surface area (Å²) in [6.45, 7) is 5.10. The molecule has 0 amide bonds. The summed E-state index contributed by atoms with van der Waals surface area (Å²) in [6.07, 6.45) is -0.649. The molecular formula is C19H19N3O6S. The second-order valence-corrected chi connectivity index (χ2v) is 7.61. The minimum atomic E-state index is -1.03. The minimum Gasteiger partial charge on any atom is -0.481 e. The van der Waals surface area contributed by atoms with E-state index in [9.17, 15) is 24.8 Å². The first-order chi connectivity index (χ1) is 13.7. The van der Waals surface area contributed by atoms with Gasteiger partial charge in [0.2, 0.25) is 0 Å². The highest BCUT2D eigenvalue weighted by atomic mass is 32.2. The third-order valence-electron chi connectivity index (χ3n) is 4.29. The highest BCUT2D eigenvalue weighted by molar-refractivity contribution is 8.16. The Hall–Kier alpha value is -3.14. The number of hydrogen-bond acceptors (Lipinski definition) is 8. The molecule has 0 aliphatic carbocycles. The van der Waals surface area contributed by atoms with E-state index in [4.69, 9.17) is 4.74 Å². The summed E-state index contributed by atoms with van der Waals surface area (Å²) in [5.41, 5.74) is 1.44. The number of thioether (sulfide) groups is 1. The van der Waals surface area contributed by atoms with Crippen molar-refractivity contribution in [3.05, 3.63) is 62.3 Å². The smallest absolute Gasteiger partial charge is 0.338 e. The van der Waals surface area contributed by atoms with Crippen LogP contribution in [0.1, 0.15) is 38.8 Å². The quantitative estimate of drug-likeness (QED) is 0.423. The number of fused-ring (bicyclic) bond motifs is 1. The first-order valence-electron chi connectivity index (χ1n) is 8.80. The van der Waals surface area contributed by atoms with Gasteiger partial charge in [-0.25, -0.2) is 9.79 Å². The Bertz CT molecular complexity index is 982. The zero-order chi connectivity index (χ0) is 21.3. The van der Waals surface area contributed by atoms with Gasteiger partial charge in [0.15, 0.2) is 5.17 Å². The molecule has 0 spiro atoms. The van der Waals surface area contributed by atoms with Crippen LogP contribution in [0.3, 0.4) is 0 Å². The molecule has 0 saturated carbocycles. The number of carboxylic acids is 1. The summed E-state index contributed by atoms with van der Waals surface area (Å²) in [7, 11) is 0. The number of ether oxygens (including phenoxy) is 1. The molecule has 0 radical (unpaired) electrons. The Kier molecular flexibility index (Phi) is 5.73. The molecule has 0 fully saturated rings. The van der Waals surface area contributed by atoms with E-state index in [1.807, 2.05) is 0 Å². The lowest BCUT2D eigenvalue weighted by Gasteiger charge is -2.36. The second-order valence-electron chi connectivity index (χ2n) is 6.77. The van der Waals surface area contributed by atoms with Crippen molar-refractivity contribution >= 4 is 34.6 Å². The van der Waals surface area contributed by atoms with Gasteiger partial charge in [0.1, 0.15) is 0 Å². The summed E-state index contributed by atoms with van der Waals surface area (Å²) in [4.78, 5) is 41.1. The van der Waals surface area contributed by atoms with Crippen LogP contribution in [-0.2, 0) is 14.3 Å². The first-order valence-corrected chi connectivity index (χ1v) is 9.68. The van der Waals surface area contributed by atoms with Crippen molar-refractivity contribution in [1.82, 2.24) is 4.90 Å². The fourth-order valence-electron chi connectivity index (χ4n) is 3.19. The van der Waals surface area contributed by atoms with Crippen LogP contribution < -0.4 is 0 Å². The van der Waals surface area contributed by atoms with Gasteiger partial charge in [-0.15, -0.1) is 0 Å². The van der Waals surface area contributed by atoms with Gasteiger partial charge in [-0.2, -0.15) is 0 Å². The molecule has 152 valence electrons. The lowest BCUT2D eigenvalue weighted by molar-refractivity contribution is -0.384.